The summed E-state index contributed by atoms with van der Waals surface area (Å²) in [6.45, 7) is 3.86. The fourth-order valence-electron chi connectivity index (χ4n) is 2.25. The second-order valence-corrected chi connectivity index (χ2v) is 5.51. The summed E-state index contributed by atoms with van der Waals surface area (Å²) in [6, 6.07) is 4.03. The number of nitrogens with one attached hydrogen (secondary N) is 2. The maximum Gasteiger partial charge on any atom is 0.234 e. The first-order valence-electron chi connectivity index (χ1n) is 7.13. The number of imidazole rings is 1. The molecular weight excluding hydrogens is 323 g/mol. The molecule has 0 aromatic carbocycles. The molecule has 22 heavy (non-hydrogen) atoms. The SMILES string of the molecule is Cc1cccn2cc(CNC(=O)CNCC3CC3)nc12.Cl.Cl. The Kier molecular flexibility index (Phi) is 7.13. The van der Waals surface area contributed by atoms with Crippen molar-refractivity contribution in [2.24, 2.45) is 5.92 Å². The number of aryl methyl sites for hydroxylation is 1. The second kappa shape index (κ2) is 8.36. The summed E-state index contributed by atoms with van der Waals surface area (Å²) in [5, 5.41) is 6.08. The van der Waals surface area contributed by atoms with Gasteiger partial charge in [-0.2, -0.15) is 0 Å². The average molecular weight is 345 g/mol. The normalized spacial score (nSPS) is 13.3. The van der Waals surface area contributed by atoms with E-state index in [4.69, 9.17) is 0 Å². The van der Waals surface area contributed by atoms with Gasteiger partial charge in [0.2, 0.25) is 5.91 Å². The quantitative estimate of drug-likeness (QED) is 0.843. The first-order chi connectivity index (χ1) is 9.72. The Morgan fingerprint density at radius 3 is 2.86 bits per heavy atom. The van der Waals surface area contributed by atoms with Crippen LogP contribution >= 0.6 is 24.8 Å². The maximum absolute atomic E-state index is 11.7. The molecule has 1 aliphatic rings. The standard InChI is InChI=1S/C15H20N4O.2ClH/c1-11-3-2-6-19-10-13(18-15(11)19)8-17-14(20)9-16-7-12-4-5-12;;/h2-3,6,10,12,16H,4-5,7-9H2,1H3,(H,17,20);2*1H. The van der Waals surface area contributed by atoms with Crippen LogP contribution in [0.15, 0.2) is 24.5 Å². The van der Waals surface area contributed by atoms with Crippen molar-refractivity contribution in [2.75, 3.05) is 13.1 Å². The van der Waals surface area contributed by atoms with Crippen LogP contribution < -0.4 is 10.6 Å². The monoisotopic (exact) mass is 344 g/mol. The van der Waals surface area contributed by atoms with Crippen LogP contribution in [-0.4, -0.2) is 28.4 Å². The van der Waals surface area contributed by atoms with Gasteiger partial charge in [0.05, 0.1) is 18.8 Å². The number of pyridine rings is 1. The Bertz CT molecular complexity index is 625. The van der Waals surface area contributed by atoms with E-state index in [1.807, 2.05) is 35.9 Å². The molecule has 0 bridgehead atoms. The van der Waals surface area contributed by atoms with Gasteiger partial charge in [-0.25, -0.2) is 4.98 Å². The highest BCUT2D eigenvalue weighted by Gasteiger charge is 2.20. The Balaban J connectivity index is 0.00000121. The number of aromatic nitrogens is 2. The minimum Gasteiger partial charge on any atom is -0.349 e. The predicted molar refractivity (Wildman–Crippen MR) is 91.9 cm³/mol. The van der Waals surface area contributed by atoms with E-state index in [0.29, 0.717) is 13.1 Å². The van der Waals surface area contributed by atoms with Gasteiger partial charge in [0.25, 0.3) is 0 Å². The lowest BCUT2D eigenvalue weighted by Gasteiger charge is -2.04. The molecule has 0 aliphatic heterocycles. The van der Waals surface area contributed by atoms with Gasteiger partial charge in [0.15, 0.2) is 0 Å². The van der Waals surface area contributed by atoms with Crippen molar-refractivity contribution in [3.63, 3.8) is 0 Å². The highest BCUT2D eigenvalue weighted by molar-refractivity contribution is 5.85. The molecule has 2 aromatic heterocycles. The molecule has 3 rings (SSSR count). The lowest BCUT2D eigenvalue weighted by molar-refractivity contribution is -0.120. The van der Waals surface area contributed by atoms with Crippen molar-refractivity contribution in [2.45, 2.75) is 26.3 Å². The number of carbonyl (C=O) groups is 1. The number of fused-ring (bicyclic) bond motifs is 1. The molecule has 1 saturated carbocycles. The summed E-state index contributed by atoms with van der Waals surface area (Å²) in [5.74, 6) is 0.823. The summed E-state index contributed by atoms with van der Waals surface area (Å²) in [4.78, 5) is 16.2. The summed E-state index contributed by atoms with van der Waals surface area (Å²) < 4.78 is 1.99. The molecule has 1 fully saturated rings. The van der Waals surface area contributed by atoms with Crippen LogP contribution in [-0.2, 0) is 11.3 Å². The second-order valence-electron chi connectivity index (χ2n) is 5.51. The van der Waals surface area contributed by atoms with E-state index >= 15 is 0 Å². The topological polar surface area (TPSA) is 58.4 Å². The lowest BCUT2D eigenvalue weighted by Crippen LogP contribution is -2.34. The Hall–Kier alpha value is -1.30. The van der Waals surface area contributed by atoms with Crippen molar-refractivity contribution in [1.29, 1.82) is 0 Å². The molecule has 0 spiro atoms. The molecule has 0 unspecified atom stereocenters. The number of hydrogen-bond donors (Lipinski definition) is 2. The zero-order valence-corrected chi connectivity index (χ0v) is 14.2. The van der Waals surface area contributed by atoms with Crippen LogP contribution in [0.25, 0.3) is 5.65 Å². The number of carbonyl (C=O) groups excluding carboxylic acids is 1. The molecule has 1 amide bonds. The number of amides is 1. The van der Waals surface area contributed by atoms with Crippen molar-refractivity contribution < 1.29 is 4.79 Å². The van der Waals surface area contributed by atoms with Crippen LogP contribution in [0.4, 0.5) is 0 Å². The number of hydrogen-bond acceptors (Lipinski definition) is 3. The van der Waals surface area contributed by atoms with E-state index in [1.165, 1.54) is 12.8 Å². The molecule has 0 atom stereocenters. The van der Waals surface area contributed by atoms with Gasteiger partial charge in [-0.1, -0.05) is 6.07 Å². The largest absolute Gasteiger partial charge is 0.349 e. The molecule has 0 radical (unpaired) electrons. The van der Waals surface area contributed by atoms with Gasteiger partial charge < -0.3 is 15.0 Å². The summed E-state index contributed by atoms with van der Waals surface area (Å²) in [7, 11) is 0. The highest BCUT2D eigenvalue weighted by atomic mass is 35.5. The van der Waals surface area contributed by atoms with Gasteiger partial charge in [0, 0.05) is 12.4 Å². The smallest absolute Gasteiger partial charge is 0.234 e. The molecular formula is C15H22Cl2N4O. The maximum atomic E-state index is 11.7. The Labute approximate surface area is 142 Å². The van der Waals surface area contributed by atoms with Crippen LogP contribution in [0.2, 0.25) is 0 Å². The van der Waals surface area contributed by atoms with E-state index < -0.39 is 0 Å². The number of rotatable bonds is 6. The zero-order valence-electron chi connectivity index (χ0n) is 12.5. The predicted octanol–water partition coefficient (Wildman–Crippen LogP) is 2.10. The fourth-order valence-corrected chi connectivity index (χ4v) is 2.25. The van der Waals surface area contributed by atoms with Crippen LogP contribution in [0.1, 0.15) is 24.1 Å². The molecule has 2 N–H and O–H groups in total. The minimum atomic E-state index is 0. The minimum absolute atomic E-state index is 0. The van der Waals surface area contributed by atoms with E-state index in [1.54, 1.807) is 0 Å². The summed E-state index contributed by atoms with van der Waals surface area (Å²) in [5.41, 5.74) is 2.97. The fraction of sp³-hybridized carbons (Fsp3) is 0.467. The van der Waals surface area contributed by atoms with Crippen molar-refractivity contribution in [1.82, 2.24) is 20.0 Å². The van der Waals surface area contributed by atoms with Crippen LogP contribution in [0, 0.1) is 12.8 Å². The van der Waals surface area contributed by atoms with E-state index in [-0.39, 0.29) is 30.7 Å². The van der Waals surface area contributed by atoms with Gasteiger partial charge >= 0.3 is 0 Å². The molecule has 7 heteroatoms. The van der Waals surface area contributed by atoms with Crippen LogP contribution in [0.5, 0.6) is 0 Å². The molecule has 2 aromatic rings. The van der Waals surface area contributed by atoms with E-state index in [2.05, 4.69) is 15.6 Å². The van der Waals surface area contributed by atoms with Crippen molar-refractivity contribution in [3.05, 3.63) is 35.8 Å². The molecule has 122 valence electrons. The lowest BCUT2D eigenvalue weighted by atomic mass is 10.3. The molecule has 5 nitrogen and oxygen atoms in total. The van der Waals surface area contributed by atoms with E-state index in [0.717, 1.165) is 29.4 Å². The van der Waals surface area contributed by atoms with Gasteiger partial charge in [-0.15, -0.1) is 24.8 Å². The van der Waals surface area contributed by atoms with E-state index in [9.17, 15) is 4.79 Å². The van der Waals surface area contributed by atoms with Gasteiger partial charge in [-0.3, -0.25) is 4.79 Å². The molecule has 1 aliphatic carbocycles. The van der Waals surface area contributed by atoms with Crippen LogP contribution in [0.3, 0.4) is 0 Å². The van der Waals surface area contributed by atoms with Gasteiger partial charge in [-0.05, 0) is 43.9 Å². The molecule has 0 saturated heterocycles. The van der Waals surface area contributed by atoms with Crippen molar-refractivity contribution >= 4 is 36.4 Å². The Morgan fingerprint density at radius 1 is 1.41 bits per heavy atom. The summed E-state index contributed by atoms with van der Waals surface area (Å²) >= 11 is 0. The zero-order chi connectivity index (χ0) is 13.9. The molecule has 2 heterocycles. The summed E-state index contributed by atoms with van der Waals surface area (Å²) in [6.07, 6.45) is 6.53. The average Bonchev–Trinajstić information content (AvgIpc) is 3.14. The first-order valence-corrected chi connectivity index (χ1v) is 7.13. The Morgan fingerprint density at radius 2 is 2.18 bits per heavy atom. The van der Waals surface area contributed by atoms with Crippen molar-refractivity contribution in [3.8, 4) is 0 Å². The number of nitrogens with zero attached hydrogens (tertiary/aromatic N) is 2. The van der Waals surface area contributed by atoms with Gasteiger partial charge in [0.1, 0.15) is 5.65 Å². The third-order valence-electron chi connectivity index (χ3n) is 3.61. The highest BCUT2D eigenvalue weighted by Crippen LogP contribution is 2.27. The first kappa shape index (κ1) is 18.7. The third kappa shape index (κ3) is 4.87. The third-order valence-corrected chi connectivity index (χ3v) is 3.61. The number of halogens is 2.